The number of H-pyrrole nitrogens is 1. The predicted molar refractivity (Wildman–Crippen MR) is 87.6 cm³/mol. The normalized spacial score (nSPS) is 10.8. The third-order valence-electron chi connectivity index (χ3n) is 3.33. The number of hydrogen-bond donors (Lipinski definition) is 3. The Hall–Kier alpha value is -2.37. The van der Waals surface area contributed by atoms with E-state index in [0.29, 0.717) is 18.1 Å². The number of benzene rings is 1. The van der Waals surface area contributed by atoms with Gasteiger partial charge in [0.15, 0.2) is 0 Å². The molecule has 0 aliphatic carbocycles. The Morgan fingerprint density at radius 3 is 2.77 bits per heavy atom. The molecule has 0 fully saturated rings. The molecule has 0 saturated heterocycles. The second-order valence-electron chi connectivity index (χ2n) is 5.61. The second kappa shape index (κ2) is 7.06. The largest absolute Gasteiger partial charge is 0.352 e. The molecular weight excluding hydrogens is 278 g/mol. The predicted octanol–water partition coefficient (Wildman–Crippen LogP) is 3.12. The fourth-order valence-corrected chi connectivity index (χ4v) is 1.95. The Kier molecular flexibility index (Phi) is 5.14. The number of carbonyl (C=O) groups excluding carboxylic acids is 1. The average molecular weight is 301 g/mol. The SMILES string of the molecule is CCCNC(=O)c1ccc(C)c(Nc2n[nH]c(C(C)C)n2)c1. The van der Waals surface area contributed by atoms with E-state index < -0.39 is 0 Å². The van der Waals surface area contributed by atoms with E-state index in [1.165, 1.54) is 0 Å². The summed E-state index contributed by atoms with van der Waals surface area (Å²) in [5.74, 6) is 1.56. The van der Waals surface area contributed by atoms with Crippen LogP contribution in [0, 0.1) is 6.92 Å². The van der Waals surface area contributed by atoms with Gasteiger partial charge < -0.3 is 10.6 Å². The van der Waals surface area contributed by atoms with Crippen LogP contribution in [-0.2, 0) is 0 Å². The molecule has 6 nitrogen and oxygen atoms in total. The summed E-state index contributed by atoms with van der Waals surface area (Å²) in [4.78, 5) is 16.4. The fraction of sp³-hybridized carbons (Fsp3) is 0.438. The van der Waals surface area contributed by atoms with Gasteiger partial charge in [-0.15, -0.1) is 5.10 Å². The minimum absolute atomic E-state index is 0.0669. The van der Waals surface area contributed by atoms with E-state index in [1.807, 2.05) is 45.9 Å². The van der Waals surface area contributed by atoms with Crippen LogP contribution in [0.1, 0.15) is 54.9 Å². The lowest BCUT2D eigenvalue weighted by atomic mass is 10.1. The van der Waals surface area contributed by atoms with Crippen molar-refractivity contribution in [2.75, 3.05) is 11.9 Å². The molecule has 0 radical (unpaired) electrons. The van der Waals surface area contributed by atoms with Gasteiger partial charge in [0, 0.05) is 23.7 Å². The second-order valence-corrected chi connectivity index (χ2v) is 5.61. The Morgan fingerprint density at radius 2 is 2.14 bits per heavy atom. The maximum absolute atomic E-state index is 12.0. The topological polar surface area (TPSA) is 82.7 Å². The van der Waals surface area contributed by atoms with Crippen molar-refractivity contribution in [3.63, 3.8) is 0 Å². The molecule has 1 aromatic heterocycles. The number of nitrogens with one attached hydrogen (secondary N) is 3. The first-order valence-corrected chi connectivity index (χ1v) is 7.59. The lowest BCUT2D eigenvalue weighted by Gasteiger charge is -2.09. The maximum atomic E-state index is 12.0. The van der Waals surface area contributed by atoms with Gasteiger partial charge in [-0.3, -0.25) is 9.89 Å². The number of nitrogens with zero attached hydrogens (tertiary/aromatic N) is 2. The van der Waals surface area contributed by atoms with Crippen LogP contribution >= 0.6 is 0 Å². The number of aromatic nitrogens is 3. The third kappa shape index (κ3) is 3.84. The van der Waals surface area contributed by atoms with Crippen molar-refractivity contribution in [3.8, 4) is 0 Å². The van der Waals surface area contributed by atoms with Crippen LogP contribution in [0.3, 0.4) is 0 Å². The Bertz CT molecular complexity index is 648. The number of aromatic amines is 1. The van der Waals surface area contributed by atoms with Crippen LogP contribution in [0.25, 0.3) is 0 Å². The molecule has 0 spiro atoms. The molecule has 6 heteroatoms. The highest BCUT2D eigenvalue weighted by Crippen LogP contribution is 2.21. The number of anilines is 2. The van der Waals surface area contributed by atoms with Gasteiger partial charge in [-0.1, -0.05) is 26.8 Å². The summed E-state index contributed by atoms with van der Waals surface area (Å²) in [6.07, 6.45) is 0.915. The monoisotopic (exact) mass is 301 g/mol. The number of carbonyl (C=O) groups is 1. The molecule has 0 aliphatic heterocycles. The zero-order valence-electron chi connectivity index (χ0n) is 13.5. The molecule has 2 rings (SSSR count). The van der Waals surface area contributed by atoms with Gasteiger partial charge >= 0.3 is 0 Å². The van der Waals surface area contributed by atoms with Crippen molar-refractivity contribution < 1.29 is 4.79 Å². The highest BCUT2D eigenvalue weighted by Gasteiger charge is 2.10. The summed E-state index contributed by atoms with van der Waals surface area (Å²) < 4.78 is 0. The first kappa shape index (κ1) is 16.0. The van der Waals surface area contributed by atoms with Gasteiger partial charge in [0.05, 0.1) is 0 Å². The summed E-state index contributed by atoms with van der Waals surface area (Å²) in [6, 6.07) is 5.56. The first-order valence-electron chi connectivity index (χ1n) is 7.59. The van der Waals surface area contributed by atoms with E-state index in [9.17, 15) is 4.79 Å². The van der Waals surface area contributed by atoms with Crippen molar-refractivity contribution in [1.82, 2.24) is 20.5 Å². The van der Waals surface area contributed by atoms with Crippen molar-refractivity contribution in [2.24, 2.45) is 0 Å². The van der Waals surface area contributed by atoms with Crippen LogP contribution in [0.2, 0.25) is 0 Å². The molecule has 0 aliphatic rings. The third-order valence-corrected chi connectivity index (χ3v) is 3.33. The van der Waals surface area contributed by atoms with Gasteiger partial charge in [0.1, 0.15) is 5.82 Å². The molecule has 0 unspecified atom stereocenters. The van der Waals surface area contributed by atoms with E-state index in [-0.39, 0.29) is 11.8 Å². The van der Waals surface area contributed by atoms with Gasteiger partial charge in [-0.05, 0) is 31.0 Å². The van der Waals surface area contributed by atoms with Crippen LogP contribution in [-0.4, -0.2) is 27.6 Å². The van der Waals surface area contributed by atoms with Gasteiger partial charge in [-0.2, -0.15) is 4.98 Å². The number of aryl methyl sites for hydroxylation is 1. The van der Waals surface area contributed by atoms with Crippen LogP contribution < -0.4 is 10.6 Å². The highest BCUT2D eigenvalue weighted by atomic mass is 16.1. The van der Waals surface area contributed by atoms with Crippen LogP contribution in [0.15, 0.2) is 18.2 Å². The molecule has 1 amide bonds. The Morgan fingerprint density at radius 1 is 1.36 bits per heavy atom. The van der Waals surface area contributed by atoms with Gasteiger partial charge in [0.25, 0.3) is 5.91 Å². The standard InChI is InChI=1S/C16H23N5O/c1-5-8-17-15(22)12-7-6-11(4)13(9-12)18-16-19-14(10(2)3)20-21-16/h6-7,9-10H,5,8H2,1-4H3,(H,17,22)(H2,18,19,20,21). The fourth-order valence-electron chi connectivity index (χ4n) is 1.95. The molecule has 1 aromatic carbocycles. The van der Waals surface area contributed by atoms with Gasteiger partial charge in [0.2, 0.25) is 5.95 Å². The van der Waals surface area contributed by atoms with E-state index in [1.54, 1.807) is 0 Å². The first-order chi connectivity index (χ1) is 10.5. The number of rotatable bonds is 6. The van der Waals surface area contributed by atoms with E-state index in [4.69, 9.17) is 0 Å². The number of hydrogen-bond acceptors (Lipinski definition) is 4. The summed E-state index contributed by atoms with van der Waals surface area (Å²) >= 11 is 0. The Balaban J connectivity index is 2.17. The van der Waals surface area contributed by atoms with Crippen molar-refractivity contribution in [1.29, 1.82) is 0 Å². The molecule has 2 aromatic rings. The molecule has 22 heavy (non-hydrogen) atoms. The van der Waals surface area contributed by atoms with Crippen molar-refractivity contribution in [3.05, 3.63) is 35.2 Å². The smallest absolute Gasteiger partial charge is 0.251 e. The zero-order valence-corrected chi connectivity index (χ0v) is 13.5. The van der Waals surface area contributed by atoms with Crippen molar-refractivity contribution >= 4 is 17.5 Å². The molecule has 0 saturated carbocycles. The lowest BCUT2D eigenvalue weighted by molar-refractivity contribution is 0.0953. The molecule has 118 valence electrons. The van der Waals surface area contributed by atoms with Crippen LogP contribution in [0.5, 0.6) is 0 Å². The lowest BCUT2D eigenvalue weighted by Crippen LogP contribution is -2.24. The zero-order chi connectivity index (χ0) is 16.1. The minimum atomic E-state index is -0.0669. The highest BCUT2D eigenvalue weighted by molar-refractivity contribution is 5.95. The average Bonchev–Trinajstić information content (AvgIpc) is 2.96. The molecule has 0 bridgehead atoms. The number of amides is 1. The maximum Gasteiger partial charge on any atom is 0.251 e. The van der Waals surface area contributed by atoms with Crippen LogP contribution in [0.4, 0.5) is 11.6 Å². The summed E-state index contributed by atoms with van der Waals surface area (Å²) in [5, 5.41) is 13.1. The Labute approximate surface area is 130 Å². The van der Waals surface area contributed by atoms with Gasteiger partial charge in [-0.25, -0.2) is 0 Å². The molecule has 1 heterocycles. The molecule has 3 N–H and O–H groups in total. The summed E-state index contributed by atoms with van der Waals surface area (Å²) in [7, 11) is 0. The summed E-state index contributed by atoms with van der Waals surface area (Å²) in [5.41, 5.74) is 2.49. The van der Waals surface area contributed by atoms with E-state index in [2.05, 4.69) is 25.8 Å². The molecular formula is C16H23N5O. The van der Waals surface area contributed by atoms with E-state index in [0.717, 1.165) is 23.5 Å². The minimum Gasteiger partial charge on any atom is -0.352 e. The van der Waals surface area contributed by atoms with Crippen molar-refractivity contribution in [2.45, 2.75) is 40.0 Å². The quantitative estimate of drug-likeness (QED) is 0.765. The molecule has 0 atom stereocenters. The van der Waals surface area contributed by atoms with E-state index >= 15 is 0 Å². The summed E-state index contributed by atoms with van der Waals surface area (Å²) in [6.45, 7) is 8.78.